The fourth-order valence-corrected chi connectivity index (χ4v) is 2.59. The molecule has 0 spiro atoms. The van der Waals surface area contributed by atoms with Gasteiger partial charge in [0.25, 0.3) is 0 Å². The molecule has 1 saturated heterocycles. The summed E-state index contributed by atoms with van der Waals surface area (Å²) in [6.45, 7) is 6.63. The average molecular weight is 276 g/mol. The van der Waals surface area contributed by atoms with Crippen molar-refractivity contribution in [3.05, 3.63) is 23.8 Å². The lowest BCUT2D eigenvalue weighted by Crippen LogP contribution is -2.32. The number of piperidine rings is 1. The van der Waals surface area contributed by atoms with Crippen molar-refractivity contribution < 1.29 is 9.53 Å². The number of ether oxygens (including phenoxy) is 1. The Labute approximate surface area is 120 Å². The molecule has 1 aliphatic heterocycles. The molecule has 1 aromatic carbocycles. The van der Waals surface area contributed by atoms with E-state index in [0.29, 0.717) is 18.9 Å². The maximum Gasteiger partial charge on any atom is 0.224 e. The zero-order valence-electron chi connectivity index (χ0n) is 12.4. The van der Waals surface area contributed by atoms with Gasteiger partial charge in [-0.1, -0.05) is 0 Å². The van der Waals surface area contributed by atoms with Crippen LogP contribution in [0.2, 0.25) is 0 Å². The van der Waals surface area contributed by atoms with Gasteiger partial charge in [-0.05, 0) is 69.5 Å². The van der Waals surface area contributed by atoms with Gasteiger partial charge in [0.05, 0.1) is 6.61 Å². The fraction of sp³-hybridized carbons (Fsp3) is 0.562. The summed E-state index contributed by atoms with van der Waals surface area (Å²) in [5.41, 5.74) is 1.91. The SMILES string of the molecule is CCOc1ccc(NC(=O)CC2CCCNC2)c(C)c1. The minimum absolute atomic E-state index is 0.103. The van der Waals surface area contributed by atoms with Crippen LogP contribution < -0.4 is 15.4 Å². The minimum Gasteiger partial charge on any atom is -0.494 e. The standard InChI is InChI=1S/C16H24N2O2/c1-3-20-14-6-7-15(12(2)9-14)18-16(19)10-13-5-4-8-17-11-13/h6-7,9,13,17H,3-5,8,10-11H2,1-2H3,(H,18,19). The Balaban J connectivity index is 1.90. The molecule has 110 valence electrons. The Hall–Kier alpha value is -1.55. The summed E-state index contributed by atoms with van der Waals surface area (Å²) in [5.74, 6) is 1.41. The first kappa shape index (κ1) is 14.9. The molecular weight excluding hydrogens is 252 g/mol. The predicted molar refractivity (Wildman–Crippen MR) is 81.2 cm³/mol. The van der Waals surface area contributed by atoms with Crippen LogP contribution in [-0.2, 0) is 4.79 Å². The van der Waals surface area contributed by atoms with Crippen molar-refractivity contribution in [2.75, 3.05) is 25.0 Å². The van der Waals surface area contributed by atoms with E-state index in [4.69, 9.17) is 4.74 Å². The van der Waals surface area contributed by atoms with Gasteiger partial charge in [-0.3, -0.25) is 4.79 Å². The summed E-state index contributed by atoms with van der Waals surface area (Å²) >= 11 is 0. The number of amides is 1. The largest absolute Gasteiger partial charge is 0.494 e. The number of aryl methyl sites for hydroxylation is 1. The van der Waals surface area contributed by atoms with E-state index < -0.39 is 0 Å². The molecule has 4 nitrogen and oxygen atoms in total. The molecule has 2 N–H and O–H groups in total. The molecule has 1 aliphatic rings. The van der Waals surface area contributed by atoms with E-state index in [9.17, 15) is 4.79 Å². The van der Waals surface area contributed by atoms with E-state index >= 15 is 0 Å². The second-order valence-electron chi connectivity index (χ2n) is 5.37. The van der Waals surface area contributed by atoms with Gasteiger partial charge in [0.2, 0.25) is 5.91 Å². The van der Waals surface area contributed by atoms with Crippen molar-refractivity contribution in [3.8, 4) is 5.75 Å². The molecule has 0 aliphatic carbocycles. The third-order valence-electron chi connectivity index (χ3n) is 3.66. The minimum atomic E-state index is 0.103. The summed E-state index contributed by atoms with van der Waals surface area (Å²) in [5, 5.41) is 6.34. The lowest BCUT2D eigenvalue weighted by atomic mass is 9.96. The monoisotopic (exact) mass is 276 g/mol. The van der Waals surface area contributed by atoms with Crippen LogP contribution in [0, 0.1) is 12.8 Å². The molecule has 1 atom stereocenters. The predicted octanol–water partition coefficient (Wildman–Crippen LogP) is 2.72. The summed E-state index contributed by atoms with van der Waals surface area (Å²) in [7, 11) is 0. The van der Waals surface area contributed by atoms with E-state index in [1.807, 2.05) is 32.0 Å². The molecule has 1 amide bonds. The van der Waals surface area contributed by atoms with Crippen molar-refractivity contribution in [2.24, 2.45) is 5.92 Å². The van der Waals surface area contributed by atoms with Crippen LogP contribution >= 0.6 is 0 Å². The molecular formula is C16H24N2O2. The van der Waals surface area contributed by atoms with Crippen molar-refractivity contribution in [2.45, 2.75) is 33.1 Å². The fourth-order valence-electron chi connectivity index (χ4n) is 2.59. The summed E-state index contributed by atoms with van der Waals surface area (Å²) in [6.07, 6.45) is 2.91. The molecule has 20 heavy (non-hydrogen) atoms. The maximum absolute atomic E-state index is 12.1. The Kier molecular flexibility index (Phi) is 5.41. The van der Waals surface area contributed by atoms with Crippen molar-refractivity contribution in [1.29, 1.82) is 0 Å². The maximum atomic E-state index is 12.1. The second-order valence-corrected chi connectivity index (χ2v) is 5.37. The number of rotatable bonds is 5. The van der Waals surface area contributed by atoms with E-state index in [-0.39, 0.29) is 5.91 Å². The number of carbonyl (C=O) groups is 1. The van der Waals surface area contributed by atoms with E-state index in [0.717, 1.165) is 36.5 Å². The van der Waals surface area contributed by atoms with Gasteiger partial charge >= 0.3 is 0 Å². The number of hydrogen-bond donors (Lipinski definition) is 2. The topological polar surface area (TPSA) is 50.4 Å². The van der Waals surface area contributed by atoms with Crippen LogP contribution in [0.3, 0.4) is 0 Å². The van der Waals surface area contributed by atoms with Gasteiger partial charge in [-0.2, -0.15) is 0 Å². The smallest absolute Gasteiger partial charge is 0.224 e. The average Bonchev–Trinajstić information content (AvgIpc) is 2.43. The van der Waals surface area contributed by atoms with Crippen LogP contribution in [0.15, 0.2) is 18.2 Å². The van der Waals surface area contributed by atoms with Gasteiger partial charge in [-0.25, -0.2) is 0 Å². The van der Waals surface area contributed by atoms with Crippen molar-refractivity contribution in [1.82, 2.24) is 5.32 Å². The molecule has 0 aromatic heterocycles. The highest BCUT2D eigenvalue weighted by molar-refractivity contribution is 5.91. The van der Waals surface area contributed by atoms with Gasteiger partial charge in [0.15, 0.2) is 0 Å². The summed E-state index contributed by atoms with van der Waals surface area (Å²) < 4.78 is 5.45. The molecule has 0 bridgehead atoms. The number of nitrogens with one attached hydrogen (secondary N) is 2. The zero-order valence-corrected chi connectivity index (χ0v) is 12.4. The van der Waals surface area contributed by atoms with Gasteiger partial charge < -0.3 is 15.4 Å². The first-order valence-electron chi connectivity index (χ1n) is 7.43. The highest BCUT2D eigenvalue weighted by Gasteiger charge is 2.17. The summed E-state index contributed by atoms with van der Waals surface area (Å²) in [4.78, 5) is 12.1. The first-order valence-corrected chi connectivity index (χ1v) is 7.43. The van der Waals surface area contributed by atoms with E-state index in [2.05, 4.69) is 10.6 Å². The zero-order chi connectivity index (χ0) is 14.4. The molecule has 1 aromatic rings. The third-order valence-corrected chi connectivity index (χ3v) is 3.66. The molecule has 0 saturated carbocycles. The van der Waals surface area contributed by atoms with Gasteiger partial charge in [0, 0.05) is 12.1 Å². The molecule has 4 heteroatoms. The normalized spacial score (nSPS) is 18.6. The van der Waals surface area contributed by atoms with Crippen molar-refractivity contribution >= 4 is 11.6 Å². The third kappa shape index (κ3) is 4.23. The Morgan fingerprint density at radius 3 is 3.00 bits per heavy atom. The van der Waals surface area contributed by atoms with Crippen LogP contribution in [0.25, 0.3) is 0 Å². The Morgan fingerprint density at radius 2 is 2.35 bits per heavy atom. The van der Waals surface area contributed by atoms with Crippen LogP contribution in [-0.4, -0.2) is 25.6 Å². The van der Waals surface area contributed by atoms with E-state index in [1.54, 1.807) is 0 Å². The van der Waals surface area contributed by atoms with Crippen LogP contribution in [0.5, 0.6) is 5.75 Å². The number of hydrogen-bond acceptors (Lipinski definition) is 3. The first-order chi connectivity index (χ1) is 9.69. The lowest BCUT2D eigenvalue weighted by Gasteiger charge is -2.22. The van der Waals surface area contributed by atoms with Crippen molar-refractivity contribution in [3.63, 3.8) is 0 Å². The highest BCUT2D eigenvalue weighted by Crippen LogP contribution is 2.22. The Bertz CT molecular complexity index is 454. The van der Waals surface area contributed by atoms with Crippen LogP contribution in [0.4, 0.5) is 5.69 Å². The number of benzene rings is 1. The molecule has 1 heterocycles. The van der Waals surface area contributed by atoms with E-state index in [1.165, 1.54) is 6.42 Å². The second kappa shape index (κ2) is 7.29. The Morgan fingerprint density at radius 1 is 1.50 bits per heavy atom. The molecule has 0 radical (unpaired) electrons. The lowest BCUT2D eigenvalue weighted by molar-refractivity contribution is -0.117. The summed E-state index contributed by atoms with van der Waals surface area (Å²) in [6, 6.07) is 5.77. The highest BCUT2D eigenvalue weighted by atomic mass is 16.5. The number of carbonyl (C=O) groups excluding carboxylic acids is 1. The molecule has 1 fully saturated rings. The van der Waals surface area contributed by atoms with Crippen LogP contribution in [0.1, 0.15) is 31.7 Å². The number of anilines is 1. The van der Waals surface area contributed by atoms with Gasteiger partial charge in [0.1, 0.15) is 5.75 Å². The molecule has 1 unspecified atom stereocenters. The van der Waals surface area contributed by atoms with Gasteiger partial charge in [-0.15, -0.1) is 0 Å². The quantitative estimate of drug-likeness (QED) is 0.869. The molecule has 2 rings (SSSR count).